The van der Waals surface area contributed by atoms with Crippen molar-refractivity contribution >= 4 is 35.0 Å². The summed E-state index contributed by atoms with van der Waals surface area (Å²) in [7, 11) is 0. The van der Waals surface area contributed by atoms with E-state index in [0.29, 0.717) is 42.3 Å². The largest absolute Gasteiger partial charge is 0.367 e. The van der Waals surface area contributed by atoms with Crippen LogP contribution in [0.25, 0.3) is 0 Å². The van der Waals surface area contributed by atoms with Crippen LogP contribution < -0.4 is 4.90 Å². The van der Waals surface area contributed by atoms with E-state index in [1.54, 1.807) is 36.1 Å². The molecule has 6 nitrogen and oxygen atoms in total. The van der Waals surface area contributed by atoms with Gasteiger partial charge in [0.15, 0.2) is 0 Å². The molecule has 2 aliphatic heterocycles. The van der Waals surface area contributed by atoms with Gasteiger partial charge in [-0.3, -0.25) is 19.3 Å². The molecule has 3 amide bonds. The van der Waals surface area contributed by atoms with E-state index in [4.69, 9.17) is 11.6 Å². The van der Waals surface area contributed by atoms with Crippen LogP contribution in [0.15, 0.2) is 48.5 Å². The molecule has 1 fully saturated rings. The van der Waals surface area contributed by atoms with Crippen molar-refractivity contribution < 1.29 is 14.4 Å². The van der Waals surface area contributed by atoms with E-state index in [0.717, 1.165) is 10.6 Å². The number of amides is 3. The van der Waals surface area contributed by atoms with Crippen molar-refractivity contribution in [2.75, 3.05) is 31.1 Å². The van der Waals surface area contributed by atoms with E-state index in [9.17, 15) is 14.4 Å². The smallest absolute Gasteiger partial charge is 0.262 e. The molecule has 0 unspecified atom stereocenters. The number of hydrogen-bond donors (Lipinski definition) is 0. The molecule has 2 heterocycles. The number of halogens is 1. The number of carbonyl (C=O) groups is 3. The SMILES string of the molecule is C[C@@H](C(=O)N1CCN(c2ccccc2Cl)CC1)N1C(=O)c2ccccc2C1=O. The van der Waals surface area contributed by atoms with Crippen molar-refractivity contribution in [1.29, 1.82) is 0 Å². The molecule has 0 radical (unpaired) electrons. The molecular weight excluding hydrogens is 378 g/mol. The Labute approximate surface area is 168 Å². The number of fused-ring (bicyclic) bond motifs is 1. The molecule has 0 aliphatic carbocycles. The summed E-state index contributed by atoms with van der Waals surface area (Å²) >= 11 is 6.27. The zero-order chi connectivity index (χ0) is 19.8. The third-order valence-corrected chi connectivity index (χ3v) is 5.67. The van der Waals surface area contributed by atoms with E-state index < -0.39 is 17.9 Å². The Kier molecular flexibility index (Phi) is 4.81. The topological polar surface area (TPSA) is 60.9 Å². The second-order valence-electron chi connectivity index (χ2n) is 6.97. The summed E-state index contributed by atoms with van der Waals surface area (Å²) in [5.74, 6) is -1.03. The third-order valence-electron chi connectivity index (χ3n) is 5.35. The first-order valence-electron chi connectivity index (χ1n) is 9.24. The van der Waals surface area contributed by atoms with Crippen LogP contribution in [0.5, 0.6) is 0 Å². The van der Waals surface area contributed by atoms with Gasteiger partial charge >= 0.3 is 0 Å². The Morgan fingerprint density at radius 1 is 0.893 bits per heavy atom. The number of carbonyl (C=O) groups excluding carboxylic acids is 3. The quantitative estimate of drug-likeness (QED) is 0.747. The first kappa shape index (κ1) is 18.5. The minimum Gasteiger partial charge on any atom is -0.367 e. The van der Waals surface area contributed by atoms with E-state index in [-0.39, 0.29) is 5.91 Å². The van der Waals surface area contributed by atoms with Crippen molar-refractivity contribution in [3.05, 3.63) is 64.7 Å². The Hall–Kier alpha value is -2.86. The maximum Gasteiger partial charge on any atom is 0.262 e. The van der Waals surface area contributed by atoms with E-state index in [1.165, 1.54) is 0 Å². The van der Waals surface area contributed by atoms with Gasteiger partial charge in [0.2, 0.25) is 5.91 Å². The van der Waals surface area contributed by atoms with Gasteiger partial charge in [0, 0.05) is 26.2 Å². The van der Waals surface area contributed by atoms with Crippen LogP contribution in [0.3, 0.4) is 0 Å². The number of hydrogen-bond acceptors (Lipinski definition) is 4. The summed E-state index contributed by atoms with van der Waals surface area (Å²) in [6, 6.07) is 13.5. The van der Waals surface area contributed by atoms with Gasteiger partial charge in [-0.25, -0.2) is 0 Å². The predicted octanol–water partition coefficient (Wildman–Crippen LogP) is 2.67. The summed E-state index contributed by atoms with van der Waals surface area (Å²) in [5, 5.41) is 0.682. The zero-order valence-electron chi connectivity index (χ0n) is 15.5. The number of para-hydroxylation sites is 1. The lowest BCUT2D eigenvalue weighted by Crippen LogP contribution is -2.55. The van der Waals surface area contributed by atoms with Crippen LogP contribution >= 0.6 is 11.6 Å². The average Bonchev–Trinajstić information content (AvgIpc) is 2.98. The van der Waals surface area contributed by atoms with Gasteiger partial charge in [0.05, 0.1) is 21.8 Å². The molecule has 28 heavy (non-hydrogen) atoms. The average molecular weight is 398 g/mol. The highest BCUT2D eigenvalue weighted by Gasteiger charge is 2.42. The van der Waals surface area contributed by atoms with Crippen LogP contribution in [-0.2, 0) is 4.79 Å². The third kappa shape index (κ3) is 3.03. The highest BCUT2D eigenvalue weighted by Crippen LogP contribution is 2.27. The molecule has 0 aromatic heterocycles. The maximum atomic E-state index is 13.0. The number of anilines is 1. The molecule has 4 rings (SSSR count). The number of nitrogens with zero attached hydrogens (tertiary/aromatic N) is 3. The minimum absolute atomic E-state index is 0.215. The van der Waals surface area contributed by atoms with Crippen LogP contribution in [0.1, 0.15) is 27.6 Å². The van der Waals surface area contributed by atoms with E-state index >= 15 is 0 Å². The summed E-state index contributed by atoms with van der Waals surface area (Å²) in [6.07, 6.45) is 0. The van der Waals surface area contributed by atoms with Crippen molar-refractivity contribution in [2.24, 2.45) is 0 Å². The maximum absolute atomic E-state index is 13.0. The van der Waals surface area contributed by atoms with E-state index in [1.807, 2.05) is 24.3 Å². The van der Waals surface area contributed by atoms with Crippen LogP contribution in [0.2, 0.25) is 5.02 Å². The number of benzene rings is 2. The van der Waals surface area contributed by atoms with Crippen molar-refractivity contribution in [3.8, 4) is 0 Å². The first-order valence-corrected chi connectivity index (χ1v) is 9.62. The highest BCUT2D eigenvalue weighted by atomic mass is 35.5. The lowest BCUT2D eigenvalue weighted by atomic mass is 10.1. The van der Waals surface area contributed by atoms with Gasteiger partial charge in [-0.15, -0.1) is 0 Å². The number of imide groups is 1. The molecular formula is C21H20ClN3O3. The minimum atomic E-state index is -0.834. The molecule has 2 aromatic rings. The Morgan fingerprint density at radius 2 is 1.43 bits per heavy atom. The predicted molar refractivity (Wildman–Crippen MR) is 107 cm³/mol. The Morgan fingerprint density at radius 3 is 2.00 bits per heavy atom. The molecule has 0 spiro atoms. The molecule has 144 valence electrons. The molecule has 2 aliphatic rings. The van der Waals surface area contributed by atoms with Crippen molar-refractivity contribution in [3.63, 3.8) is 0 Å². The van der Waals surface area contributed by atoms with Crippen molar-refractivity contribution in [1.82, 2.24) is 9.80 Å². The van der Waals surface area contributed by atoms with Gasteiger partial charge in [-0.05, 0) is 31.2 Å². The van der Waals surface area contributed by atoms with Gasteiger partial charge in [0.25, 0.3) is 11.8 Å². The fourth-order valence-corrected chi connectivity index (χ4v) is 4.07. The fourth-order valence-electron chi connectivity index (χ4n) is 3.81. The molecule has 0 saturated carbocycles. The standard InChI is InChI=1S/C21H20ClN3O3/c1-14(25-20(27)15-6-2-3-7-16(15)21(25)28)19(26)24-12-10-23(11-13-24)18-9-5-4-8-17(18)22/h2-9,14H,10-13H2,1H3/t14-/m0/s1. The van der Waals surface area contributed by atoms with Crippen molar-refractivity contribution in [2.45, 2.75) is 13.0 Å². The normalized spacial score (nSPS) is 17.7. The number of piperazine rings is 1. The Bertz CT molecular complexity index is 918. The van der Waals surface area contributed by atoms with Gasteiger partial charge in [0.1, 0.15) is 6.04 Å². The fraction of sp³-hybridized carbons (Fsp3) is 0.286. The molecule has 0 N–H and O–H groups in total. The van der Waals surface area contributed by atoms with E-state index in [2.05, 4.69) is 4.90 Å². The van der Waals surface area contributed by atoms with Crippen LogP contribution in [0, 0.1) is 0 Å². The monoisotopic (exact) mass is 397 g/mol. The molecule has 1 saturated heterocycles. The summed E-state index contributed by atoms with van der Waals surface area (Å²) in [6.45, 7) is 3.92. The Balaban J connectivity index is 1.44. The summed E-state index contributed by atoms with van der Waals surface area (Å²) < 4.78 is 0. The summed E-state index contributed by atoms with van der Waals surface area (Å²) in [5.41, 5.74) is 1.66. The number of rotatable bonds is 3. The molecule has 7 heteroatoms. The first-order chi connectivity index (χ1) is 13.5. The van der Waals surface area contributed by atoms with Crippen LogP contribution in [-0.4, -0.2) is 59.7 Å². The lowest BCUT2D eigenvalue weighted by Gasteiger charge is -2.38. The summed E-state index contributed by atoms with van der Waals surface area (Å²) in [4.78, 5) is 43.1. The highest BCUT2D eigenvalue weighted by molar-refractivity contribution is 6.33. The molecule has 1 atom stereocenters. The second kappa shape index (κ2) is 7.28. The van der Waals surface area contributed by atoms with Crippen LogP contribution in [0.4, 0.5) is 5.69 Å². The van der Waals surface area contributed by atoms with Gasteiger partial charge in [-0.2, -0.15) is 0 Å². The van der Waals surface area contributed by atoms with Gasteiger partial charge in [-0.1, -0.05) is 35.9 Å². The lowest BCUT2D eigenvalue weighted by molar-refractivity contribution is -0.135. The second-order valence-corrected chi connectivity index (χ2v) is 7.37. The van der Waals surface area contributed by atoms with Gasteiger partial charge < -0.3 is 9.80 Å². The molecule has 2 aromatic carbocycles. The molecule has 0 bridgehead atoms. The zero-order valence-corrected chi connectivity index (χ0v) is 16.2.